The molecule has 4 aromatic rings. The molecule has 0 saturated carbocycles. The van der Waals surface area contributed by atoms with E-state index in [0.29, 0.717) is 22.5 Å². The Bertz CT molecular complexity index is 1720. The molecule has 0 spiro atoms. The van der Waals surface area contributed by atoms with Gasteiger partial charge >= 0.3 is 0 Å². The zero-order valence-corrected chi connectivity index (χ0v) is 25.9. The predicted octanol–water partition coefficient (Wildman–Crippen LogP) is 6.34. The van der Waals surface area contributed by atoms with E-state index in [0.717, 1.165) is 22.9 Å². The second-order valence-corrected chi connectivity index (χ2v) is 13.2. The Hall–Kier alpha value is -3.88. The normalized spacial score (nSPS) is 14.8. The van der Waals surface area contributed by atoms with Crippen molar-refractivity contribution in [1.82, 2.24) is 10.2 Å². The zero-order chi connectivity index (χ0) is 30.6. The van der Waals surface area contributed by atoms with Crippen LogP contribution < -0.4 is 9.62 Å². The second kappa shape index (κ2) is 13.2. The highest BCUT2D eigenvalue weighted by Crippen LogP contribution is 2.42. The first kappa shape index (κ1) is 30.6. The molecule has 0 bridgehead atoms. The fraction of sp³-hybridized carbons (Fsp3) is 0.294. The fourth-order valence-electron chi connectivity index (χ4n) is 5.52. The molecule has 43 heavy (non-hydrogen) atoms. The Morgan fingerprint density at radius 3 is 2.35 bits per heavy atom. The third kappa shape index (κ3) is 6.55. The van der Waals surface area contributed by atoms with Crippen molar-refractivity contribution in [2.75, 3.05) is 10.8 Å². The summed E-state index contributed by atoms with van der Waals surface area (Å²) in [6, 6.07) is 26.9. The van der Waals surface area contributed by atoms with E-state index in [1.807, 2.05) is 80.6 Å². The lowest BCUT2D eigenvalue weighted by Gasteiger charge is -2.33. The summed E-state index contributed by atoms with van der Waals surface area (Å²) in [6.45, 7) is 4.22. The topological polar surface area (TPSA) is 86.8 Å². The van der Waals surface area contributed by atoms with E-state index in [4.69, 9.17) is 11.6 Å². The van der Waals surface area contributed by atoms with Crippen LogP contribution in [0, 0.1) is 0 Å². The molecule has 0 fully saturated rings. The van der Waals surface area contributed by atoms with Crippen LogP contribution in [0.5, 0.6) is 0 Å². The monoisotopic (exact) mass is 617 g/mol. The molecule has 9 heteroatoms. The highest BCUT2D eigenvalue weighted by Gasteiger charge is 2.36. The molecule has 2 amide bonds. The van der Waals surface area contributed by atoms with E-state index in [2.05, 4.69) is 5.32 Å². The molecule has 5 rings (SSSR count). The largest absolute Gasteiger partial charge is 0.352 e. The number of carbonyl (C=O) groups is 2. The molecular formula is C34H36ClN3O4S. The van der Waals surface area contributed by atoms with Gasteiger partial charge in [-0.3, -0.25) is 13.9 Å². The summed E-state index contributed by atoms with van der Waals surface area (Å²) in [5.41, 5.74) is 2.29. The number of hydrogen-bond donors (Lipinski definition) is 1. The summed E-state index contributed by atoms with van der Waals surface area (Å²) in [5, 5.41) is 5.14. The first-order chi connectivity index (χ1) is 20.7. The van der Waals surface area contributed by atoms with Gasteiger partial charge in [0, 0.05) is 42.4 Å². The number of carbonyl (C=O) groups excluding carboxylic acids is 2. The molecule has 2 atom stereocenters. The van der Waals surface area contributed by atoms with E-state index in [1.54, 1.807) is 29.2 Å². The number of sulfonamides is 1. The molecule has 4 aromatic carbocycles. The van der Waals surface area contributed by atoms with Crippen molar-refractivity contribution < 1.29 is 18.0 Å². The van der Waals surface area contributed by atoms with Crippen molar-refractivity contribution in [1.29, 1.82) is 0 Å². The summed E-state index contributed by atoms with van der Waals surface area (Å²) < 4.78 is 28.3. The van der Waals surface area contributed by atoms with Gasteiger partial charge in [-0.2, -0.15) is 0 Å². The maximum absolute atomic E-state index is 14.0. The zero-order valence-electron chi connectivity index (χ0n) is 24.4. The Morgan fingerprint density at radius 1 is 0.930 bits per heavy atom. The van der Waals surface area contributed by atoms with Crippen molar-refractivity contribution in [2.24, 2.45) is 0 Å². The minimum atomic E-state index is -3.73. The minimum absolute atomic E-state index is 0.0602. The molecule has 0 unspecified atom stereocenters. The maximum Gasteiger partial charge on any atom is 0.265 e. The molecule has 0 aliphatic carbocycles. The molecule has 224 valence electrons. The van der Waals surface area contributed by atoms with Gasteiger partial charge in [0.05, 0.1) is 10.6 Å². The minimum Gasteiger partial charge on any atom is -0.352 e. The lowest BCUT2D eigenvalue weighted by Crippen LogP contribution is -2.52. The first-order valence-electron chi connectivity index (χ1n) is 14.6. The van der Waals surface area contributed by atoms with Gasteiger partial charge in [0.25, 0.3) is 10.0 Å². The smallest absolute Gasteiger partial charge is 0.265 e. The van der Waals surface area contributed by atoms with Crippen molar-refractivity contribution >= 4 is 49.9 Å². The molecule has 0 radical (unpaired) electrons. The van der Waals surface area contributed by atoms with E-state index < -0.39 is 16.1 Å². The van der Waals surface area contributed by atoms with Crippen LogP contribution in [0.25, 0.3) is 10.8 Å². The molecule has 7 nitrogen and oxygen atoms in total. The molecule has 1 heterocycles. The summed E-state index contributed by atoms with van der Waals surface area (Å²) in [7, 11) is -3.73. The van der Waals surface area contributed by atoms with Gasteiger partial charge < -0.3 is 10.2 Å². The van der Waals surface area contributed by atoms with Crippen LogP contribution in [0.1, 0.15) is 44.2 Å². The number of rotatable bonds is 12. The quantitative estimate of drug-likeness (QED) is 0.201. The summed E-state index contributed by atoms with van der Waals surface area (Å²) >= 11 is 6.52. The summed E-state index contributed by atoms with van der Waals surface area (Å²) in [4.78, 5) is 29.6. The first-order valence-corrected chi connectivity index (χ1v) is 16.4. The van der Waals surface area contributed by atoms with Crippen molar-refractivity contribution in [3.8, 4) is 0 Å². The number of anilines is 1. The standard InChI is InChI=1S/C34H36ClN3O4S/c1-3-24(2)36-34(40)30(22-25-12-5-4-6-13-25)37(23-27-14-7-8-17-28(27)35)32(39)20-11-21-38-29-18-9-15-26-16-10-19-31(33(26)29)43(38,41)42/h4-10,12-19,24,30H,3,11,20-23H2,1-2H3,(H,36,40)/t24-,30+/m1/s1. The van der Waals surface area contributed by atoms with Crippen molar-refractivity contribution in [3.63, 3.8) is 0 Å². The summed E-state index contributed by atoms with van der Waals surface area (Å²) in [5.74, 6) is -0.477. The average molecular weight is 618 g/mol. The second-order valence-electron chi connectivity index (χ2n) is 10.9. The molecule has 1 aliphatic rings. The molecule has 0 saturated heterocycles. The highest BCUT2D eigenvalue weighted by molar-refractivity contribution is 7.93. The van der Waals surface area contributed by atoms with Gasteiger partial charge in [0.15, 0.2) is 0 Å². The lowest BCUT2D eigenvalue weighted by atomic mass is 10.0. The van der Waals surface area contributed by atoms with Gasteiger partial charge in [-0.1, -0.05) is 91.3 Å². The average Bonchev–Trinajstić information content (AvgIpc) is 3.23. The summed E-state index contributed by atoms with van der Waals surface area (Å²) in [6.07, 6.45) is 1.43. The highest BCUT2D eigenvalue weighted by atomic mass is 35.5. The van der Waals surface area contributed by atoms with Crippen LogP contribution in [0.4, 0.5) is 5.69 Å². The van der Waals surface area contributed by atoms with Gasteiger partial charge in [0.2, 0.25) is 11.8 Å². The molecule has 0 aromatic heterocycles. The molecule has 1 aliphatic heterocycles. The predicted molar refractivity (Wildman–Crippen MR) is 172 cm³/mol. The number of hydrogen-bond acceptors (Lipinski definition) is 4. The van der Waals surface area contributed by atoms with E-state index >= 15 is 0 Å². The van der Waals surface area contributed by atoms with Gasteiger partial charge in [-0.05, 0) is 54.5 Å². The van der Waals surface area contributed by atoms with E-state index in [-0.39, 0.29) is 48.7 Å². The number of halogens is 1. The van der Waals surface area contributed by atoms with Gasteiger partial charge in [-0.15, -0.1) is 0 Å². The number of amides is 2. The van der Waals surface area contributed by atoms with Crippen LogP contribution in [-0.4, -0.2) is 43.8 Å². The number of benzene rings is 4. The number of nitrogens with zero attached hydrogens (tertiary/aromatic N) is 2. The van der Waals surface area contributed by atoms with Crippen LogP contribution in [0.3, 0.4) is 0 Å². The number of nitrogens with one attached hydrogen (secondary N) is 1. The Kier molecular flexibility index (Phi) is 9.37. The Morgan fingerprint density at radius 2 is 1.63 bits per heavy atom. The Balaban J connectivity index is 1.41. The van der Waals surface area contributed by atoms with Crippen LogP contribution in [-0.2, 0) is 32.6 Å². The lowest BCUT2D eigenvalue weighted by molar-refractivity contribution is -0.141. The van der Waals surface area contributed by atoms with Crippen molar-refractivity contribution in [2.45, 2.75) is 63.1 Å². The maximum atomic E-state index is 14.0. The molecule has 1 N–H and O–H groups in total. The van der Waals surface area contributed by atoms with Gasteiger partial charge in [-0.25, -0.2) is 8.42 Å². The van der Waals surface area contributed by atoms with Crippen LogP contribution >= 0.6 is 11.6 Å². The fourth-order valence-corrected chi connectivity index (χ4v) is 7.47. The van der Waals surface area contributed by atoms with Crippen molar-refractivity contribution in [3.05, 3.63) is 107 Å². The van der Waals surface area contributed by atoms with E-state index in [9.17, 15) is 18.0 Å². The molecular weight excluding hydrogens is 582 g/mol. The third-order valence-electron chi connectivity index (χ3n) is 8.00. The third-order valence-corrected chi connectivity index (χ3v) is 10.2. The van der Waals surface area contributed by atoms with E-state index in [1.165, 1.54) is 4.31 Å². The van der Waals surface area contributed by atoms with Crippen LogP contribution in [0.2, 0.25) is 5.02 Å². The Labute approximate surface area is 258 Å². The van der Waals surface area contributed by atoms with Crippen LogP contribution in [0.15, 0.2) is 95.9 Å². The van der Waals surface area contributed by atoms with Gasteiger partial charge in [0.1, 0.15) is 6.04 Å². The SMILES string of the molecule is CC[C@@H](C)NC(=O)[C@H](Cc1ccccc1)N(Cc1ccccc1Cl)C(=O)CCCN1c2cccc3cccc(c23)S1(=O)=O.